The van der Waals surface area contributed by atoms with Crippen molar-refractivity contribution in [2.24, 2.45) is 4.99 Å². The van der Waals surface area contributed by atoms with Crippen LogP contribution in [0.2, 0.25) is 0 Å². The van der Waals surface area contributed by atoms with Gasteiger partial charge in [0.05, 0.1) is 5.39 Å². The predicted octanol–water partition coefficient (Wildman–Crippen LogP) is 2.16. The predicted molar refractivity (Wildman–Crippen MR) is 43.2 cm³/mol. The lowest BCUT2D eigenvalue weighted by Gasteiger charge is -1.82. The number of nitrogens with zero attached hydrogens (tertiary/aromatic N) is 2. The molecule has 2 rings (SSSR count). The minimum absolute atomic E-state index is 0.556. The fourth-order valence-corrected chi connectivity index (χ4v) is 0.987. The third-order valence-corrected chi connectivity index (χ3v) is 1.51. The summed E-state index contributed by atoms with van der Waals surface area (Å²) in [5.74, 6) is 0.556. The number of aliphatic imine (C=N–C) groups is 1. The van der Waals surface area contributed by atoms with Crippen LogP contribution in [0.25, 0.3) is 11.0 Å². The molecule has 54 valence electrons. The van der Waals surface area contributed by atoms with E-state index >= 15 is 0 Å². The second kappa shape index (κ2) is 2.20. The minimum Gasteiger partial charge on any atom is -0.354 e. The van der Waals surface area contributed by atoms with Crippen molar-refractivity contribution in [1.82, 2.24) is 5.16 Å². The monoisotopic (exact) mass is 146 g/mol. The van der Waals surface area contributed by atoms with Crippen LogP contribution < -0.4 is 0 Å². The fourth-order valence-electron chi connectivity index (χ4n) is 0.987. The Kier molecular flexibility index (Phi) is 1.22. The Hall–Kier alpha value is -1.64. The van der Waals surface area contributed by atoms with E-state index in [1.807, 2.05) is 24.3 Å². The molecule has 0 aliphatic rings. The highest BCUT2D eigenvalue weighted by atomic mass is 16.5. The first-order valence-electron chi connectivity index (χ1n) is 3.23. The van der Waals surface area contributed by atoms with Crippen molar-refractivity contribution in [3.05, 3.63) is 24.3 Å². The van der Waals surface area contributed by atoms with Crippen molar-refractivity contribution in [3.8, 4) is 0 Å². The van der Waals surface area contributed by atoms with Crippen molar-refractivity contribution in [1.29, 1.82) is 0 Å². The summed E-state index contributed by atoms with van der Waals surface area (Å²) in [6.45, 7) is 3.38. The van der Waals surface area contributed by atoms with Gasteiger partial charge in [0, 0.05) is 0 Å². The van der Waals surface area contributed by atoms with Crippen LogP contribution in [0.1, 0.15) is 0 Å². The summed E-state index contributed by atoms with van der Waals surface area (Å²) in [5.41, 5.74) is 0.745. The third kappa shape index (κ3) is 0.816. The van der Waals surface area contributed by atoms with Crippen LogP contribution in [-0.4, -0.2) is 11.9 Å². The number of para-hydroxylation sites is 1. The Bertz CT molecular complexity index is 392. The maximum Gasteiger partial charge on any atom is 0.202 e. The Morgan fingerprint density at radius 3 is 3.00 bits per heavy atom. The molecule has 0 saturated heterocycles. The Balaban J connectivity index is 2.86. The summed E-state index contributed by atoms with van der Waals surface area (Å²) >= 11 is 0. The SMILES string of the molecule is C=Nc1noc2ccccc12. The van der Waals surface area contributed by atoms with Gasteiger partial charge in [-0.05, 0) is 18.9 Å². The Morgan fingerprint density at radius 1 is 1.36 bits per heavy atom. The number of fused-ring (bicyclic) bond motifs is 1. The van der Waals surface area contributed by atoms with Crippen molar-refractivity contribution in [2.75, 3.05) is 0 Å². The lowest BCUT2D eigenvalue weighted by molar-refractivity contribution is 0.459. The summed E-state index contributed by atoms with van der Waals surface area (Å²) in [7, 11) is 0. The van der Waals surface area contributed by atoms with E-state index in [9.17, 15) is 0 Å². The molecule has 0 unspecified atom stereocenters. The minimum atomic E-state index is 0.556. The molecule has 1 aromatic carbocycles. The largest absolute Gasteiger partial charge is 0.354 e. The van der Waals surface area contributed by atoms with Gasteiger partial charge in [0.2, 0.25) is 5.82 Å². The molecular formula is C8H6N2O. The molecule has 0 bridgehead atoms. The number of rotatable bonds is 1. The van der Waals surface area contributed by atoms with E-state index in [4.69, 9.17) is 4.52 Å². The summed E-state index contributed by atoms with van der Waals surface area (Å²) < 4.78 is 4.96. The topological polar surface area (TPSA) is 38.4 Å². The van der Waals surface area contributed by atoms with Crippen molar-refractivity contribution in [2.45, 2.75) is 0 Å². The van der Waals surface area contributed by atoms with E-state index in [1.165, 1.54) is 0 Å². The number of hydrogen-bond acceptors (Lipinski definition) is 3. The van der Waals surface area contributed by atoms with Gasteiger partial charge in [-0.15, -0.1) is 0 Å². The molecule has 3 heteroatoms. The molecule has 0 fully saturated rings. The standard InChI is InChI=1S/C8H6N2O/c1-9-8-6-4-2-3-5-7(6)11-10-8/h2-5H,1H2. The van der Waals surface area contributed by atoms with E-state index in [0.717, 1.165) is 11.0 Å². The second-order valence-corrected chi connectivity index (χ2v) is 2.16. The first kappa shape index (κ1) is 6.09. The molecule has 1 heterocycles. The number of benzene rings is 1. The van der Waals surface area contributed by atoms with Crippen LogP contribution in [0, 0.1) is 0 Å². The molecule has 1 aromatic heterocycles. The lowest BCUT2D eigenvalue weighted by Crippen LogP contribution is -1.61. The quantitative estimate of drug-likeness (QED) is 0.578. The normalized spacial score (nSPS) is 10.2. The fraction of sp³-hybridized carbons (Fsp3) is 0. The molecule has 0 amide bonds. The maximum atomic E-state index is 4.96. The smallest absolute Gasteiger partial charge is 0.202 e. The van der Waals surface area contributed by atoms with E-state index in [-0.39, 0.29) is 0 Å². The molecule has 0 aliphatic heterocycles. The molecule has 0 saturated carbocycles. The molecule has 0 spiro atoms. The van der Waals surface area contributed by atoms with Gasteiger partial charge >= 0.3 is 0 Å². The molecular weight excluding hydrogens is 140 g/mol. The van der Waals surface area contributed by atoms with Crippen molar-refractivity contribution >= 4 is 23.5 Å². The van der Waals surface area contributed by atoms with Crippen LogP contribution in [0.5, 0.6) is 0 Å². The van der Waals surface area contributed by atoms with E-state index in [1.54, 1.807) is 0 Å². The number of aromatic nitrogens is 1. The Labute approximate surface area is 63.3 Å². The van der Waals surface area contributed by atoms with E-state index in [0.29, 0.717) is 5.82 Å². The summed E-state index contributed by atoms with van der Waals surface area (Å²) in [5, 5.41) is 4.61. The van der Waals surface area contributed by atoms with Gasteiger partial charge in [-0.25, -0.2) is 4.99 Å². The zero-order valence-electron chi connectivity index (χ0n) is 5.82. The van der Waals surface area contributed by atoms with Gasteiger partial charge in [0.1, 0.15) is 0 Å². The molecule has 3 nitrogen and oxygen atoms in total. The van der Waals surface area contributed by atoms with Crippen LogP contribution >= 0.6 is 0 Å². The summed E-state index contributed by atoms with van der Waals surface area (Å²) in [6, 6.07) is 7.54. The van der Waals surface area contributed by atoms with E-state index < -0.39 is 0 Å². The van der Waals surface area contributed by atoms with Crippen molar-refractivity contribution in [3.63, 3.8) is 0 Å². The second-order valence-electron chi connectivity index (χ2n) is 2.16. The average Bonchev–Trinajstić information content (AvgIpc) is 2.47. The molecule has 0 aliphatic carbocycles. The molecule has 0 N–H and O–H groups in total. The zero-order valence-corrected chi connectivity index (χ0v) is 5.82. The highest BCUT2D eigenvalue weighted by molar-refractivity contribution is 5.86. The first-order chi connectivity index (χ1) is 5.42. The number of hydrogen-bond donors (Lipinski definition) is 0. The highest BCUT2D eigenvalue weighted by Gasteiger charge is 2.02. The van der Waals surface area contributed by atoms with Gasteiger partial charge < -0.3 is 4.52 Å². The lowest BCUT2D eigenvalue weighted by atomic mass is 10.2. The molecule has 0 radical (unpaired) electrons. The summed E-state index contributed by atoms with van der Waals surface area (Å²) in [6.07, 6.45) is 0. The average molecular weight is 146 g/mol. The van der Waals surface area contributed by atoms with Gasteiger partial charge in [0.15, 0.2) is 5.58 Å². The highest BCUT2D eigenvalue weighted by Crippen LogP contribution is 2.23. The van der Waals surface area contributed by atoms with Crippen LogP contribution in [0.4, 0.5) is 5.82 Å². The van der Waals surface area contributed by atoms with Gasteiger partial charge in [-0.2, -0.15) is 0 Å². The first-order valence-corrected chi connectivity index (χ1v) is 3.23. The molecule has 11 heavy (non-hydrogen) atoms. The van der Waals surface area contributed by atoms with Crippen molar-refractivity contribution < 1.29 is 4.52 Å². The molecule has 0 atom stereocenters. The van der Waals surface area contributed by atoms with Gasteiger partial charge in [-0.1, -0.05) is 17.3 Å². The van der Waals surface area contributed by atoms with Crippen LogP contribution in [-0.2, 0) is 0 Å². The third-order valence-electron chi connectivity index (χ3n) is 1.51. The Morgan fingerprint density at radius 2 is 2.18 bits per heavy atom. The van der Waals surface area contributed by atoms with Gasteiger partial charge in [0.25, 0.3) is 0 Å². The van der Waals surface area contributed by atoms with Crippen LogP contribution in [0.3, 0.4) is 0 Å². The zero-order chi connectivity index (χ0) is 7.68. The summed E-state index contributed by atoms with van der Waals surface area (Å²) in [4.78, 5) is 3.70. The maximum absolute atomic E-state index is 4.96. The van der Waals surface area contributed by atoms with Crippen LogP contribution in [0.15, 0.2) is 33.8 Å². The van der Waals surface area contributed by atoms with Gasteiger partial charge in [-0.3, -0.25) is 0 Å². The van der Waals surface area contributed by atoms with E-state index in [2.05, 4.69) is 16.9 Å². The molecule has 2 aromatic rings.